The molecule has 5 nitrogen and oxygen atoms in total. The van der Waals surface area contributed by atoms with Gasteiger partial charge < -0.3 is 9.30 Å². The molecule has 8 heteroatoms. The molecule has 2 amide bonds. The quantitative estimate of drug-likeness (QED) is 0.348. The van der Waals surface area contributed by atoms with E-state index in [1.807, 2.05) is 61.7 Å². The summed E-state index contributed by atoms with van der Waals surface area (Å²) in [5.41, 5.74) is 4.78. The number of halogens is 2. The van der Waals surface area contributed by atoms with Crippen molar-refractivity contribution in [3.8, 4) is 11.4 Å². The topological polar surface area (TPSA) is 51.5 Å². The number of ether oxygens (including phenoxy) is 1. The zero-order valence-electron chi connectivity index (χ0n) is 18.4. The van der Waals surface area contributed by atoms with Crippen LogP contribution in [0.5, 0.6) is 5.75 Å². The van der Waals surface area contributed by atoms with Gasteiger partial charge in [-0.2, -0.15) is 0 Å². The van der Waals surface area contributed by atoms with Crippen LogP contribution in [0.2, 0.25) is 10.0 Å². The number of rotatable bonds is 6. The van der Waals surface area contributed by atoms with Crippen molar-refractivity contribution in [2.45, 2.75) is 20.8 Å². The average Bonchev–Trinajstić information content (AvgIpc) is 3.20. The van der Waals surface area contributed by atoms with Crippen molar-refractivity contribution >= 4 is 52.2 Å². The zero-order valence-corrected chi connectivity index (χ0v) is 20.7. The van der Waals surface area contributed by atoms with Crippen molar-refractivity contribution < 1.29 is 14.3 Å². The number of thioether (sulfide) groups is 1. The van der Waals surface area contributed by atoms with Crippen LogP contribution in [0.15, 0.2) is 53.4 Å². The molecule has 0 radical (unpaired) electrons. The van der Waals surface area contributed by atoms with E-state index in [-0.39, 0.29) is 24.3 Å². The van der Waals surface area contributed by atoms with Gasteiger partial charge >= 0.3 is 0 Å². The molecule has 0 bridgehead atoms. The fourth-order valence-electron chi connectivity index (χ4n) is 3.68. The summed E-state index contributed by atoms with van der Waals surface area (Å²) in [6, 6.07) is 15.1. The van der Waals surface area contributed by atoms with Crippen molar-refractivity contribution in [3.63, 3.8) is 0 Å². The molecule has 0 spiro atoms. The fraction of sp³-hybridized carbons (Fsp3) is 0.200. The highest BCUT2D eigenvalue weighted by Gasteiger charge is 2.35. The minimum Gasteiger partial charge on any atom is -0.492 e. The average molecular weight is 501 g/mol. The van der Waals surface area contributed by atoms with E-state index < -0.39 is 0 Å². The van der Waals surface area contributed by atoms with E-state index in [1.54, 1.807) is 18.2 Å². The van der Waals surface area contributed by atoms with Gasteiger partial charge in [-0.1, -0.05) is 40.9 Å². The zero-order chi connectivity index (χ0) is 23.7. The van der Waals surface area contributed by atoms with Crippen LogP contribution in [-0.2, 0) is 4.79 Å². The Balaban J connectivity index is 1.50. The van der Waals surface area contributed by atoms with E-state index in [0.717, 1.165) is 40.0 Å². The van der Waals surface area contributed by atoms with Crippen molar-refractivity contribution in [2.24, 2.45) is 0 Å². The number of carbonyl (C=O) groups excluding carboxylic acids is 2. The monoisotopic (exact) mass is 500 g/mol. The van der Waals surface area contributed by atoms with Crippen LogP contribution < -0.4 is 4.74 Å². The highest BCUT2D eigenvalue weighted by molar-refractivity contribution is 8.18. The first-order valence-corrected chi connectivity index (χ1v) is 11.9. The summed E-state index contributed by atoms with van der Waals surface area (Å²) < 4.78 is 7.72. The van der Waals surface area contributed by atoms with E-state index in [2.05, 4.69) is 0 Å². The summed E-state index contributed by atoms with van der Waals surface area (Å²) >= 11 is 13.2. The van der Waals surface area contributed by atoms with E-state index in [1.165, 1.54) is 4.90 Å². The van der Waals surface area contributed by atoms with Crippen LogP contribution in [0.1, 0.15) is 22.5 Å². The second-order valence-corrected chi connectivity index (χ2v) is 9.56. The summed E-state index contributed by atoms with van der Waals surface area (Å²) in [6.45, 7) is 6.36. The molecule has 0 N–H and O–H groups in total. The first kappa shape index (κ1) is 23.5. The van der Waals surface area contributed by atoms with E-state index in [9.17, 15) is 9.59 Å². The van der Waals surface area contributed by atoms with Gasteiger partial charge in [0.15, 0.2) is 0 Å². The highest BCUT2D eigenvalue weighted by atomic mass is 35.5. The summed E-state index contributed by atoms with van der Waals surface area (Å²) in [6.07, 6.45) is 1.77. The smallest absolute Gasteiger partial charge is 0.293 e. The molecule has 1 aliphatic heterocycles. The predicted octanol–water partition coefficient (Wildman–Crippen LogP) is 6.82. The highest BCUT2D eigenvalue weighted by Crippen LogP contribution is 2.34. The molecule has 2 heterocycles. The van der Waals surface area contributed by atoms with Gasteiger partial charge in [0.2, 0.25) is 0 Å². The number of aromatic nitrogens is 1. The van der Waals surface area contributed by atoms with E-state index in [0.29, 0.717) is 20.7 Å². The Hall–Kier alpha value is -2.67. The summed E-state index contributed by atoms with van der Waals surface area (Å²) in [7, 11) is 0. The van der Waals surface area contributed by atoms with Crippen LogP contribution in [0.3, 0.4) is 0 Å². The maximum Gasteiger partial charge on any atom is 0.293 e. The molecule has 2 aromatic carbocycles. The van der Waals surface area contributed by atoms with Crippen LogP contribution in [0.4, 0.5) is 4.79 Å². The van der Waals surface area contributed by atoms with Crippen LogP contribution >= 0.6 is 35.0 Å². The number of hydrogen-bond acceptors (Lipinski definition) is 4. The molecule has 33 heavy (non-hydrogen) atoms. The fourth-order valence-corrected chi connectivity index (χ4v) is 4.83. The van der Waals surface area contributed by atoms with E-state index >= 15 is 0 Å². The minimum absolute atomic E-state index is 0.193. The van der Waals surface area contributed by atoms with Crippen molar-refractivity contribution in [2.75, 3.05) is 13.2 Å². The number of amides is 2. The Bertz CT molecular complexity index is 1270. The van der Waals surface area contributed by atoms with Gasteiger partial charge in [-0.25, -0.2) is 0 Å². The molecular weight excluding hydrogens is 479 g/mol. The van der Waals surface area contributed by atoms with Gasteiger partial charge in [-0.15, -0.1) is 0 Å². The lowest BCUT2D eigenvalue weighted by Gasteiger charge is -2.13. The largest absolute Gasteiger partial charge is 0.492 e. The molecule has 170 valence electrons. The number of aryl methyl sites for hydroxylation is 2. The Labute approximate surface area is 206 Å². The van der Waals surface area contributed by atoms with Gasteiger partial charge in [-0.05, 0) is 80.6 Å². The Morgan fingerprint density at radius 2 is 1.70 bits per heavy atom. The lowest BCUT2D eigenvalue weighted by Crippen LogP contribution is -2.32. The number of imide groups is 1. The summed E-state index contributed by atoms with van der Waals surface area (Å²) in [5.74, 6) is 0.398. The Kier molecular flexibility index (Phi) is 6.88. The van der Waals surface area contributed by atoms with Gasteiger partial charge in [0, 0.05) is 17.1 Å². The Morgan fingerprint density at radius 3 is 2.39 bits per heavy atom. The molecule has 4 rings (SSSR count). The third kappa shape index (κ3) is 4.98. The second-order valence-electron chi connectivity index (χ2n) is 7.76. The lowest BCUT2D eigenvalue weighted by molar-refractivity contribution is -0.123. The maximum atomic E-state index is 12.9. The third-order valence-electron chi connectivity index (χ3n) is 5.40. The number of nitrogens with zero attached hydrogens (tertiary/aromatic N) is 2. The normalized spacial score (nSPS) is 15.1. The molecule has 3 aromatic rings. The number of carbonyl (C=O) groups is 2. The second kappa shape index (κ2) is 9.67. The molecule has 1 aliphatic rings. The summed E-state index contributed by atoms with van der Waals surface area (Å²) in [5, 5.41) is 0.664. The first-order chi connectivity index (χ1) is 15.7. The van der Waals surface area contributed by atoms with Crippen molar-refractivity contribution in [1.29, 1.82) is 0 Å². The van der Waals surface area contributed by atoms with Gasteiger partial charge in [0.1, 0.15) is 12.4 Å². The molecule has 1 fully saturated rings. The molecule has 0 saturated carbocycles. The molecule has 1 aromatic heterocycles. The molecule has 1 saturated heterocycles. The first-order valence-electron chi connectivity index (χ1n) is 10.3. The molecule has 0 atom stereocenters. The molecule has 0 aliphatic carbocycles. The van der Waals surface area contributed by atoms with Gasteiger partial charge in [0.05, 0.1) is 21.5 Å². The standard InChI is InChI=1S/C25H22Cl2N2O3S/c1-15-4-7-20(8-5-15)32-11-10-28-24(30)23(33-25(28)31)13-18-12-16(2)29(17(18)3)19-6-9-21(26)22(27)14-19/h4-9,12-14H,10-11H2,1-3H3/b23-13-. The maximum absolute atomic E-state index is 12.9. The number of benzene rings is 2. The summed E-state index contributed by atoms with van der Waals surface area (Å²) in [4.78, 5) is 27.0. The Morgan fingerprint density at radius 1 is 0.970 bits per heavy atom. The predicted molar refractivity (Wildman–Crippen MR) is 135 cm³/mol. The lowest BCUT2D eigenvalue weighted by atomic mass is 10.2. The molecular formula is C25H22Cl2N2O3S. The third-order valence-corrected chi connectivity index (χ3v) is 7.04. The van der Waals surface area contributed by atoms with Crippen LogP contribution in [0, 0.1) is 20.8 Å². The van der Waals surface area contributed by atoms with Crippen LogP contribution in [-0.4, -0.2) is 33.8 Å². The van der Waals surface area contributed by atoms with Gasteiger partial charge in [-0.3, -0.25) is 14.5 Å². The minimum atomic E-state index is -0.308. The van der Waals surface area contributed by atoms with Gasteiger partial charge in [0.25, 0.3) is 11.1 Å². The van der Waals surface area contributed by atoms with E-state index in [4.69, 9.17) is 27.9 Å². The van der Waals surface area contributed by atoms with Crippen molar-refractivity contribution in [3.05, 3.63) is 86.0 Å². The van der Waals surface area contributed by atoms with Crippen LogP contribution in [0.25, 0.3) is 11.8 Å². The SMILES string of the molecule is Cc1ccc(OCCN2C(=O)S/C(=C\c3cc(C)n(-c4ccc(Cl)c(Cl)c4)c3C)C2=O)cc1. The molecule has 0 unspecified atom stereocenters. The van der Waals surface area contributed by atoms with Crippen molar-refractivity contribution in [1.82, 2.24) is 9.47 Å². The number of hydrogen-bond donors (Lipinski definition) is 0.